The highest BCUT2D eigenvalue weighted by Gasteiger charge is 2.32. The second kappa shape index (κ2) is 11.7. The number of aryl methyl sites for hydroxylation is 1. The first kappa shape index (κ1) is 24.6. The van der Waals surface area contributed by atoms with Gasteiger partial charge >= 0.3 is 5.97 Å². The van der Waals surface area contributed by atoms with Gasteiger partial charge in [-0.05, 0) is 75.1 Å². The number of hydrogen-bond acceptors (Lipinski definition) is 6. The average molecular weight is 455 g/mol. The van der Waals surface area contributed by atoms with Gasteiger partial charge in [-0.2, -0.15) is 0 Å². The molecular formula is C26H34N2O5. The van der Waals surface area contributed by atoms with Crippen LogP contribution in [0, 0.1) is 6.92 Å². The first-order chi connectivity index (χ1) is 15.9. The molecule has 2 aromatic rings. The van der Waals surface area contributed by atoms with E-state index in [0.29, 0.717) is 37.9 Å². The number of carbonyl (C=O) groups is 2. The molecule has 2 aromatic carbocycles. The maximum absolute atomic E-state index is 12.9. The van der Waals surface area contributed by atoms with Crippen LogP contribution in [0.15, 0.2) is 36.4 Å². The third kappa shape index (κ3) is 6.48. The molecule has 1 amide bonds. The normalized spacial score (nSPS) is 15.5. The van der Waals surface area contributed by atoms with E-state index < -0.39 is 0 Å². The standard InChI is InChI=1S/C26H34N2O5/c1-5-31-23-14-19-11-12-28(17-25(29)27-20-10-8-9-18(4)13-20)22(16-26(30)33-7-3)21(19)15-24(23)32-6-2/h8-10,13-15,22H,5-7,11-12,16-17H2,1-4H3,(H,27,29). The van der Waals surface area contributed by atoms with E-state index in [9.17, 15) is 9.59 Å². The Kier molecular flexibility index (Phi) is 8.72. The second-order valence-corrected chi connectivity index (χ2v) is 8.03. The van der Waals surface area contributed by atoms with Crippen LogP contribution in [-0.4, -0.2) is 49.7 Å². The molecule has 1 atom stereocenters. The maximum atomic E-state index is 12.9. The van der Waals surface area contributed by atoms with E-state index in [4.69, 9.17) is 14.2 Å². The fourth-order valence-electron chi connectivity index (χ4n) is 4.21. The van der Waals surface area contributed by atoms with E-state index >= 15 is 0 Å². The summed E-state index contributed by atoms with van der Waals surface area (Å²) in [5, 5.41) is 2.97. The fraction of sp³-hybridized carbons (Fsp3) is 0.462. The summed E-state index contributed by atoms with van der Waals surface area (Å²) in [7, 11) is 0. The first-order valence-electron chi connectivity index (χ1n) is 11.6. The van der Waals surface area contributed by atoms with Gasteiger partial charge in [0.05, 0.1) is 32.8 Å². The molecule has 1 aliphatic rings. The molecule has 178 valence electrons. The van der Waals surface area contributed by atoms with Crippen molar-refractivity contribution >= 4 is 17.6 Å². The van der Waals surface area contributed by atoms with Gasteiger partial charge in [-0.15, -0.1) is 0 Å². The molecule has 0 saturated carbocycles. The highest BCUT2D eigenvalue weighted by atomic mass is 16.5. The molecule has 0 spiro atoms. The lowest BCUT2D eigenvalue weighted by molar-refractivity contribution is -0.145. The summed E-state index contributed by atoms with van der Waals surface area (Å²) in [6.07, 6.45) is 0.914. The van der Waals surface area contributed by atoms with Gasteiger partial charge in [0.2, 0.25) is 5.91 Å². The Labute approximate surface area is 196 Å². The largest absolute Gasteiger partial charge is 0.490 e. The van der Waals surface area contributed by atoms with Crippen molar-refractivity contribution in [1.29, 1.82) is 0 Å². The Hall–Kier alpha value is -3.06. The van der Waals surface area contributed by atoms with E-state index in [1.54, 1.807) is 6.92 Å². The number of anilines is 1. The van der Waals surface area contributed by atoms with Crippen LogP contribution in [0.1, 0.15) is 49.9 Å². The number of rotatable bonds is 10. The molecule has 0 aromatic heterocycles. The van der Waals surface area contributed by atoms with Gasteiger partial charge in [-0.25, -0.2) is 0 Å². The molecule has 0 fully saturated rings. The number of fused-ring (bicyclic) bond motifs is 1. The molecule has 0 aliphatic carbocycles. The smallest absolute Gasteiger partial charge is 0.307 e. The summed E-state index contributed by atoms with van der Waals surface area (Å²) in [6.45, 7) is 9.83. The summed E-state index contributed by atoms with van der Waals surface area (Å²) in [5.74, 6) is 0.955. The zero-order valence-electron chi connectivity index (χ0n) is 20.0. The Bertz CT molecular complexity index is 975. The Morgan fingerprint density at radius 1 is 1.03 bits per heavy atom. The van der Waals surface area contributed by atoms with Gasteiger partial charge in [0.15, 0.2) is 11.5 Å². The predicted octanol–water partition coefficient (Wildman–Crippen LogP) is 4.28. The predicted molar refractivity (Wildman–Crippen MR) is 128 cm³/mol. The van der Waals surface area contributed by atoms with Crippen molar-refractivity contribution in [2.24, 2.45) is 0 Å². The molecular weight excluding hydrogens is 420 g/mol. The minimum atomic E-state index is -0.286. The van der Waals surface area contributed by atoms with Crippen LogP contribution >= 0.6 is 0 Å². The third-order valence-corrected chi connectivity index (χ3v) is 5.59. The van der Waals surface area contributed by atoms with Crippen LogP contribution in [0.3, 0.4) is 0 Å². The highest BCUT2D eigenvalue weighted by molar-refractivity contribution is 5.92. The van der Waals surface area contributed by atoms with Gasteiger partial charge in [0.1, 0.15) is 0 Å². The van der Waals surface area contributed by atoms with Gasteiger partial charge in [-0.3, -0.25) is 14.5 Å². The van der Waals surface area contributed by atoms with Crippen molar-refractivity contribution in [3.05, 3.63) is 53.1 Å². The van der Waals surface area contributed by atoms with E-state index in [1.807, 2.05) is 62.1 Å². The van der Waals surface area contributed by atoms with Crippen LogP contribution in [-0.2, 0) is 20.7 Å². The van der Waals surface area contributed by atoms with Crippen molar-refractivity contribution in [1.82, 2.24) is 4.90 Å². The molecule has 1 N–H and O–H groups in total. The molecule has 7 heteroatoms. The van der Waals surface area contributed by atoms with Gasteiger partial charge < -0.3 is 19.5 Å². The van der Waals surface area contributed by atoms with Gasteiger partial charge in [-0.1, -0.05) is 12.1 Å². The summed E-state index contributed by atoms with van der Waals surface area (Å²) in [6, 6.07) is 11.4. The fourth-order valence-corrected chi connectivity index (χ4v) is 4.21. The first-order valence-corrected chi connectivity index (χ1v) is 11.6. The van der Waals surface area contributed by atoms with E-state index in [2.05, 4.69) is 5.32 Å². The Balaban J connectivity index is 1.87. The minimum absolute atomic E-state index is 0.117. The monoisotopic (exact) mass is 454 g/mol. The zero-order chi connectivity index (χ0) is 23.8. The lowest BCUT2D eigenvalue weighted by Crippen LogP contribution is -2.41. The average Bonchev–Trinajstić information content (AvgIpc) is 2.76. The topological polar surface area (TPSA) is 77.1 Å². The minimum Gasteiger partial charge on any atom is -0.490 e. The zero-order valence-corrected chi connectivity index (χ0v) is 20.0. The third-order valence-electron chi connectivity index (χ3n) is 5.59. The molecule has 3 rings (SSSR count). The molecule has 33 heavy (non-hydrogen) atoms. The Morgan fingerprint density at radius 3 is 2.42 bits per heavy atom. The van der Waals surface area contributed by atoms with Crippen molar-refractivity contribution in [2.75, 3.05) is 38.2 Å². The quantitative estimate of drug-likeness (QED) is 0.540. The van der Waals surface area contributed by atoms with Crippen molar-refractivity contribution in [3.63, 3.8) is 0 Å². The second-order valence-electron chi connectivity index (χ2n) is 8.03. The number of nitrogens with one attached hydrogen (secondary N) is 1. The highest BCUT2D eigenvalue weighted by Crippen LogP contribution is 2.40. The Morgan fingerprint density at radius 2 is 1.76 bits per heavy atom. The molecule has 7 nitrogen and oxygen atoms in total. The van der Waals surface area contributed by atoms with E-state index in [0.717, 1.165) is 28.8 Å². The van der Waals surface area contributed by atoms with E-state index in [1.165, 1.54) is 0 Å². The molecule has 0 radical (unpaired) electrons. The number of amides is 1. The summed E-state index contributed by atoms with van der Waals surface area (Å²) in [5.41, 5.74) is 3.92. The molecule has 0 bridgehead atoms. The SMILES string of the molecule is CCOC(=O)CC1c2cc(OCC)c(OCC)cc2CCN1CC(=O)Nc1cccc(C)c1. The molecule has 1 unspecified atom stereocenters. The number of esters is 1. The van der Waals surface area contributed by atoms with Gasteiger partial charge in [0, 0.05) is 18.3 Å². The van der Waals surface area contributed by atoms with Crippen molar-refractivity contribution in [2.45, 2.75) is 46.6 Å². The summed E-state index contributed by atoms with van der Waals surface area (Å²) >= 11 is 0. The number of carbonyl (C=O) groups excluding carboxylic acids is 2. The number of hydrogen-bond donors (Lipinski definition) is 1. The van der Waals surface area contributed by atoms with Crippen LogP contribution in [0.5, 0.6) is 11.5 Å². The van der Waals surface area contributed by atoms with Gasteiger partial charge in [0.25, 0.3) is 0 Å². The number of ether oxygens (including phenoxy) is 3. The molecule has 1 heterocycles. The number of benzene rings is 2. The lowest BCUT2D eigenvalue weighted by atomic mass is 9.90. The maximum Gasteiger partial charge on any atom is 0.307 e. The van der Waals surface area contributed by atoms with Crippen LogP contribution in [0.2, 0.25) is 0 Å². The summed E-state index contributed by atoms with van der Waals surface area (Å²) < 4.78 is 16.8. The van der Waals surface area contributed by atoms with Crippen LogP contribution in [0.25, 0.3) is 0 Å². The number of nitrogens with zero attached hydrogens (tertiary/aromatic N) is 1. The van der Waals surface area contributed by atoms with Crippen LogP contribution in [0.4, 0.5) is 5.69 Å². The van der Waals surface area contributed by atoms with Crippen molar-refractivity contribution < 1.29 is 23.8 Å². The molecule has 0 saturated heterocycles. The molecule has 1 aliphatic heterocycles. The lowest BCUT2D eigenvalue weighted by Gasteiger charge is -2.37. The van der Waals surface area contributed by atoms with E-state index in [-0.39, 0.29) is 30.9 Å². The summed E-state index contributed by atoms with van der Waals surface area (Å²) in [4.78, 5) is 27.4. The van der Waals surface area contributed by atoms with Crippen molar-refractivity contribution in [3.8, 4) is 11.5 Å². The van der Waals surface area contributed by atoms with Crippen LogP contribution < -0.4 is 14.8 Å².